The van der Waals surface area contributed by atoms with Gasteiger partial charge in [-0.3, -0.25) is 0 Å². The Bertz CT molecular complexity index is 447. The summed E-state index contributed by atoms with van der Waals surface area (Å²) in [6.07, 6.45) is 12.2. The van der Waals surface area contributed by atoms with Crippen molar-refractivity contribution in [2.75, 3.05) is 0 Å². The van der Waals surface area contributed by atoms with Crippen LogP contribution in [0.15, 0.2) is 30.4 Å². The number of fused-ring (bicyclic) bond motifs is 1. The smallest absolute Gasteiger partial charge is 0.0294 e. The van der Waals surface area contributed by atoms with E-state index in [-0.39, 0.29) is 0 Å². The van der Waals surface area contributed by atoms with E-state index in [0.29, 0.717) is 12.1 Å². The average Bonchev–Trinajstić information content (AvgIpc) is 2.87. The molecule has 0 bridgehead atoms. The zero-order chi connectivity index (χ0) is 12.4. The predicted octanol–water partition coefficient (Wildman–Crippen LogP) is 3.93. The summed E-state index contributed by atoms with van der Waals surface area (Å²) >= 11 is 0. The second kappa shape index (κ2) is 5.27. The first-order valence-electron chi connectivity index (χ1n) is 7.35. The third kappa shape index (κ3) is 2.51. The number of nitrogens with one attached hydrogen (secondary N) is 1. The number of hydrogen-bond acceptors (Lipinski definition) is 1. The van der Waals surface area contributed by atoms with E-state index in [1.54, 1.807) is 11.1 Å². The molecular formula is C17H23N. The van der Waals surface area contributed by atoms with Crippen molar-refractivity contribution in [3.05, 3.63) is 47.0 Å². The molecule has 1 N–H and O–H groups in total. The van der Waals surface area contributed by atoms with Gasteiger partial charge in [0.05, 0.1) is 0 Å². The van der Waals surface area contributed by atoms with Crippen molar-refractivity contribution in [2.45, 2.75) is 57.5 Å². The molecule has 96 valence electrons. The van der Waals surface area contributed by atoms with Gasteiger partial charge < -0.3 is 5.32 Å². The summed E-state index contributed by atoms with van der Waals surface area (Å²) in [6.45, 7) is 2.30. The second-order valence-electron chi connectivity index (χ2n) is 5.75. The molecule has 0 aliphatic heterocycles. The SMILES string of the molecule is CC(NC1CC=CCC1)c1ccc2c(c1)CCC2. The molecule has 1 heteroatoms. The molecule has 0 aromatic heterocycles. The fourth-order valence-corrected chi connectivity index (χ4v) is 3.26. The van der Waals surface area contributed by atoms with E-state index >= 15 is 0 Å². The van der Waals surface area contributed by atoms with Gasteiger partial charge in [0, 0.05) is 12.1 Å². The van der Waals surface area contributed by atoms with Crippen LogP contribution >= 0.6 is 0 Å². The van der Waals surface area contributed by atoms with E-state index < -0.39 is 0 Å². The lowest BCUT2D eigenvalue weighted by Gasteiger charge is -2.24. The third-order valence-electron chi connectivity index (χ3n) is 4.38. The van der Waals surface area contributed by atoms with E-state index in [9.17, 15) is 0 Å². The van der Waals surface area contributed by atoms with E-state index in [1.165, 1.54) is 44.1 Å². The first kappa shape index (κ1) is 12.0. The van der Waals surface area contributed by atoms with Crippen molar-refractivity contribution < 1.29 is 0 Å². The highest BCUT2D eigenvalue weighted by Gasteiger charge is 2.16. The van der Waals surface area contributed by atoms with Crippen molar-refractivity contribution in [3.8, 4) is 0 Å². The fraction of sp³-hybridized carbons (Fsp3) is 0.529. The van der Waals surface area contributed by atoms with Gasteiger partial charge in [-0.15, -0.1) is 0 Å². The summed E-state index contributed by atoms with van der Waals surface area (Å²) < 4.78 is 0. The van der Waals surface area contributed by atoms with E-state index in [1.807, 2.05) is 0 Å². The minimum absolute atomic E-state index is 0.479. The van der Waals surface area contributed by atoms with Crippen molar-refractivity contribution in [1.29, 1.82) is 0 Å². The molecule has 2 aliphatic carbocycles. The van der Waals surface area contributed by atoms with E-state index in [4.69, 9.17) is 0 Å². The summed E-state index contributed by atoms with van der Waals surface area (Å²) in [4.78, 5) is 0. The molecule has 0 amide bonds. The first-order chi connectivity index (χ1) is 8.83. The number of allylic oxidation sites excluding steroid dienone is 1. The van der Waals surface area contributed by atoms with Crippen LogP contribution in [0.2, 0.25) is 0 Å². The molecule has 0 heterocycles. The van der Waals surface area contributed by atoms with Gasteiger partial charge in [0.1, 0.15) is 0 Å². The third-order valence-corrected chi connectivity index (χ3v) is 4.38. The van der Waals surface area contributed by atoms with Gasteiger partial charge in [-0.05, 0) is 62.1 Å². The molecule has 2 aliphatic rings. The molecule has 1 aromatic rings. The van der Waals surface area contributed by atoms with Crippen molar-refractivity contribution in [1.82, 2.24) is 5.32 Å². The van der Waals surface area contributed by atoms with Gasteiger partial charge in [-0.1, -0.05) is 30.4 Å². The summed E-state index contributed by atoms with van der Waals surface area (Å²) in [7, 11) is 0. The maximum Gasteiger partial charge on any atom is 0.0294 e. The maximum atomic E-state index is 3.78. The average molecular weight is 241 g/mol. The molecule has 0 saturated heterocycles. The lowest BCUT2D eigenvalue weighted by Crippen LogP contribution is -2.32. The van der Waals surface area contributed by atoms with Gasteiger partial charge in [0.25, 0.3) is 0 Å². The van der Waals surface area contributed by atoms with Crippen LogP contribution in [0.5, 0.6) is 0 Å². The highest BCUT2D eigenvalue weighted by atomic mass is 14.9. The number of rotatable bonds is 3. The lowest BCUT2D eigenvalue weighted by molar-refractivity contribution is 0.426. The van der Waals surface area contributed by atoms with Gasteiger partial charge >= 0.3 is 0 Å². The minimum atomic E-state index is 0.479. The molecular weight excluding hydrogens is 218 g/mol. The monoisotopic (exact) mass is 241 g/mol. The molecule has 18 heavy (non-hydrogen) atoms. The fourth-order valence-electron chi connectivity index (χ4n) is 3.26. The van der Waals surface area contributed by atoms with Crippen LogP contribution in [0.25, 0.3) is 0 Å². The standard InChI is InChI=1S/C17H23N/c1-13(18-17-8-3-2-4-9-17)15-11-10-14-6-5-7-16(14)12-15/h2-3,10-13,17-18H,4-9H2,1H3. The number of benzene rings is 1. The Morgan fingerprint density at radius 1 is 1.17 bits per heavy atom. The Balaban J connectivity index is 1.68. The van der Waals surface area contributed by atoms with Crippen LogP contribution in [0.1, 0.15) is 55.3 Å². The largest absolute Gasteiger partial charge is 0.307 e. The molecule has 0 spiro atoms. The van der Waals surface area contributed by atoms with Crippen LogP contribution in [0.4, 0.5) is 0 Å². The number of hydrogen-bond donors (Lipinski definition) is 1. The highest BCUT2D eigenvalue weighted by molar-refractivity contribution is 5.36. The molecule has 1 aromatic carbocycles. The predicted molar refractivity (Wildman–Crippen MR) is 76.8 cm³/mol. The van der Waals surface area contributed by atoms with Gasteiger partial charge in [-0.25, -0.2) is 0 Å². The van der Waals surface area contributed by atoms with Crippen LogP contribution in [0, 0.1) is 0 Å². The van der Waals surface area contributed by atoms with Crippen LogP contribution in [-0.4, -0.2) is 6.04 Å². The summed E-state index contributed by atoms with van der Waals surface area (Å²) in [5.41, 5.74) is 4.63. The Kier molecular flexibility index (Phi) is 3.51. The van der Waals surface area contributed by atoms with Crippen LogP contribution in [-0.2, 0) is 12.8 Å². The Morgan fingerprint density at radius 2 is 2.06 bits per heavy atom. The van der Waals surface area contributed by atoms with Crippen molar-refractivity contribution >= 4 is 0 Å². The molecule has 2 atom stereocenters. The zero-order valence-electron chi connectivity index (χ0n) is 11.3. The Morgan fingerprint density at radius 3 is 2.89 bits per heavy atom. The van der Waals surface area contributed by atoms with Crippen molar-refractivity contribution in [2.24, 2.45) is 0 Å². The molecule has 1 nitrogen and oxygen atoms in total. The number of aryl methyl sites for hydroxylation is 2. The summed E-state index contributed by atoms with van der Waals surface area (Å²) in [5, 5.41) is 3.78. The molecule has 0 saturated carbocycles. The molecule has 2 unspecified atom stereocenters. The topological polar surface area (TPSA) is 12.0 Å². The second-order valence-corrected chi connectivity index (χ2v) is 5.75. The van der Waals surface area contributed by atoms with Gasteiger partial charge in [-0.2, -0.15) is 0 Å². The maximum absolute atomic E-state index is 3.78. The molecule has 0 fully saturated rings. The Hall–Kier alpha value is -1.08. The summed E-state index contributed by atoms with van der Waals surface area (Å²) in [5.74, 6) is 0. The van der Waals surface area contributed by atoms with Gasteiger partial charge in [0.15, 0.2) is 0 Å². The highest BCUT2D eigenvalue weighted by Crippen LogP contribution is 2.26. The normalized spacial score (nSPS) is 23.9. The Labute approximate surface area is 110 Å². The van der Waals surface area contributed by atoms with Crippen LogP contribution in [0.3, 0.4) is 0 Å². The molecule has 0 radical (unpaired) electrons. The lowest BCUT2D eigenvalue weighted by atomic mass is 9.98. The first-order valence-corrected chi connectivity index (χ1v) is 7.35. The zero-order valence-corrected chi connectivity index (χ0v) is 11.3. The molecule has 3 rings (SSSR count). The van der Waals surface area contributed by atoms with Gasteiger partial charge in [0.2, 0.25) is 0 Å². The summed E-state index contributed by atoms with van der Waals surface area (Å²) in [6, 6.07) is 8.24. The minimum Gasteiger partial charge on any atom is -0.307 e. The quantitative estimate of drug-likeness (QED) is 0.791. The van der Waals surface area contributed by atoms with E-state index in [2.05, 4.69) is 42.6 Å². The van der Waals surface area contributed by atoms with Crippen molar-refractivity contribution in [3.63, 3.8) is 0 Å². The van der Waals surface area contributed by atoms with Crippen LogP contribution < -0.4 is 5.32 Å². The van der Waals surface area contributed by atoms with E-state index in [0.717, 1.165) is 0 Å².